The van der Waals surface area contributed by atoms with Crippen LogP contribution < -0.4 is 4.74 Å². The number of likely N-dealkylation sites (tertiary alicyclic amines) is 1. The summed E-state index contributed by atoms with van der Waals surface area (Å²) in [6.45, 7) is 10.4. The van der Waals surface area contributed by atoms with Gasteiger partial charge in [0.05, 0.1) is 13.2 Å². The van der Waals surface area contributed by atoms with Gasteiger partial charge in [0.25, 0.3) is 11.7 Å². The standard InChI is InChI=1S/C25H31NO4.C9H13BF4OS/c1-25-9-8-20-19-5-3-18(30-24(28)26-11-16-13-29-14-17(16)12-26)10-15(19)2-4-21(20)22(25)6-7-23(25)27;1-3-7(2)16(15)6-4-5-8(11,12)9(10,13)14/h3,5,10,16-17,20-22H,2,4,6-9,11-14H2,1H3;2-6H2,1H3. The zero-order chi connectivity index (χ0) is 33.4. The van der Waals surface area contributed by atoms with Crippen LogP contribution in [0.1, 0.15) is 82.3 Å². The van der Waals surface area contributed by atoms with Crippen molar-refractivity contribution in [2.45, 2.75) is 89.3 Å². The Morgan fingerprint density at radius 3 is 2.50 bits per heavy atom. The van der Waals surface area contributed by atoms with Crippen molar-refractivity contribution in [1.82, 2.24) is 4.90 Å². The minimum Gasteiger partial charge on any atom is -0.410 e. The number of nitrogens with zero attached hydrogens (tertiary/aromatic N) is 1. The molecule has 1 aromatic carbocycles. The first kappa shape index (κ1) is 35.1. The Balaban J connectivity index is 0.000000224. The van der Waals surface area contributed by atoms with Gasteiger partial charge in [-0.2, -0.15) is 0 Å². The molecule has 4 fully saturated rings. The molecule has 6 nitrogen and oxygen atoms in total. The van der Waals surface area contributed by atoms with E-state index in [0.717, 1.165) is 64.8 Å². The van der Waals surface area contributed by atoms with E-state index < -0.39 is 29.0 Å². The van der Waals surface area contributed by atoms with Gasteiger partial charge in [-0.25, -0.2) is 22.4 Å². The number of allylic oxidation sites excluding steroid dienone is 1. The number of fused-ring (bicyclic) bond motifs is 6. The van der Waals surface area contributed by atoms with Gasteiger partial charge in [-0.05, 0) is 86.0 Å². The highest BCUT2D eigenvalue weighted by atomic mass is 32.2. The van der Waals surface area contributed by atoms with Crippen molar-refractivity contribution >= 4 is 30.5 Å². The third-order valence-electron chi connectivity index (χ3n) is 11.1. The molecule has 0 bridgehead atoms. The van der Waals surface area contributed by atoms with Gasteiger partial charge in [0.15, 0.2) is 7.85 Å². The van der Waals surface area contributed by atoms with Gasteiger partial charge in [0.1, 0.15) is 11.5 Å². The first-order chi connectivity index (χ1) is 21.6. The summed E-state index contributed by atoms with van der Waals surface area (Å²) in [5.41, 5.74) is 2.69. The number of Topliss-reactive ketones (excluding diaryl/α,β-unsaturated/α-hetero) is 1. The maximum absolute atomic E-state index is 12.7. The van der Waals surface area contributed by atoms with E-state index in [4.69, 9.17) is 9.47 Å². The van der Waals surface area contributed by atoms with Gasteiger partial charge in [-0.3, -0.25) is 9.00 Å². The Morgan fingerprint density at radius 2 is 1.85 bits per heavy atom. The predicted molar refractivity (Wildman–Crippen MR) is 169 cm³/mol. The third-order valence-corrected chi connectivity index (χ3v) is 12.7. The Hall–Kier alpha value is -2.21. The van der Waals surface area contributed by atoms with E-state index in [1.54, 1.807) is 6.92 Å². The van der Waals surface area contributed by atoms with Crippen molar-refractivity contribution in [2.75, 3.05) is 32.1 Å². The van der Waals surface area contributed by atoms with Crippen molar-refractivity contribution in [2.24, 2.45) is 29.1 Å². The first-order valence-electron chi connectivity index (χ1n) is 16.5. The van der Waals surface area contributed by atoms with Crippen molar-refractivity contribution in [3.05, 3.63) is 40.8 Å². The lowest BCUT2D eigenvalue weighted by atomic mass is 9.55. The fraction of sp³-hybridized carbons (Fsp3) is 0.706. The largest absolute Gasteiger partial charge is 0.415 e. The second-order valence-electron chi connectivity index (χ2n) is 13.9. The van der Waals surface area contributed by atoms with Gasteiger partial charge in [-0.1, -0.05) is 26.5 Å². The molecule has 2 saturated heterocycles. The van der Waals surface area contributed by atoms with Crippen LogP contribution in [0.4, 0.5) is 22.4 Å². The average molecular weight is 666 g/mol. The lowest BCUT2D eigenvalue weighted by molar-refractivity contribution is -0.161. The maximum atomic E-state index is 12.7. The Morgan fingerprint density at radius 1 is 1.15 bits per heavy atom. The van der Waals surface area contributed by atoms with E-state index in [1.807, 2.05) is 11.0 Å². The van der Waals surface area contributed by atoms with Crippen LogP contribution in [-0.4, -0.2) is 72.6 Å². The highest BCUT2D eigenvalue weighted by Gasteiger charge is 2.54. The number of amides is 1. The normalized spacial score (nSPS) is 30.8. The Labute approximate surface area is 272 Å². The second-order valence-corrected chi connectivity index (χ2v) is 15.6. The molecule has 46 heavy (non-hydrogen) atoms. The van der Waals surface area contributed by atoms with Gasteiger partial charge in [0.2, 0.25) is 0 Å². The summed E-state index contributed by atoms with van der Waals surface area (Å²) in [5.74, 6) is -5.05. The van der Waals surface area contributed by atoms with Crippen LogP contribution in [-0.2, 0) is 26.8 Å². The molecule has 1 amide bonds. The molecular formula is C34H44BF4NO5S. The van der Waals surface area contributed by atoms with Crippen molar-refractivity contribution < 1.29 is 40.8 Å². The minimum absolute atomic E-state index is 0.0762. The maximum Gasteiger partial charge on any atom is 0.415 e. The lowest BCUT2D eigenvalue weighted by Gasteiger charge is -2.48. The molecule has 2 radical (unpaired) electrons. The Bertz CT molecular complexity index is 1340. The number of benzene rings is 1. The zero-order valence-corrected chi connectivity index (χ0v) is 27.5. The summed E-state index contributed by atoms with van der Waals surface area (Å²) >= 11 is 0. The molecule has 0 spiro atoms. The van der Waals surface area contributed by atoms with E-state index in [-0.39, 0.29) is 23.7 Å². The number of halogens is 4. The summed E-state index contributed by atoms with van der Waals surface area (Å²) in [6, 6.07) is 6.27. The number of carbonyl (C=O) groups is 2. The fourth-order valence-corrected chi connectivity index (χ4v) is 9.31. The monoisotopic (exact) mass is 665 g/mol. The highest BCUT2D eigenvalue weighted by Crippen LogP contribution is 2.59. The average Bonchev–Trinajstić information content (AvgIpc) is 3.70. The number of rotatable bonds is 8. The molecule has 7 unspecified atom stereocenters. The summed E-state index contributed by atoms with van der Waals surface area (Å²) in [7, 11) is 2.60. The van der Waals surface area contributed by atoms with Crippen molar-refractivity contribution in [3.63, 3.8) is 0 Å². The van der Waals surface area contributed by atoms with Gasteiger partial charge in [0, 0.05) is 64.6 Å². The number of alkyl halides is 4. The van der Waals surface area contributed by atoms with Crippen molar-refractivity contribution in [1.29, 1.82) is 0 Å². The quantitative estimate of drug-likeness (QED) is 0.221. The van der Waals surface area contributed by atoms with E-state index in [0.29, 0.717) is 52.4 Å². The van der Waals surface area contributed by atoms with E-state index in [2.05, 4.69) is 33.5 Å². The number of aryl methyl sites for hydroxylation is 1. The summed E-state index contributed by atoms with van der Waals surface area (Å²) in [6.07, 6.45) is 5.02. The molecule has 0 aromatic heterocycles. The zero-order valence-electron chi connectivity index (χ0n) is 26.7. The van der Waals surface area contributed by atoms with E-state index >= 15 is 0 Å². The summed E-state index contributed by atoms with van der Waals surface area (Å²) < 4.78 is 72.2. The fourth-order valence-electron chi connectivity index (χ4n) is 8.29. The van der Waals surface area contributed by atoms with Crippen LogP contribution in [0.15, 0.2) is 29.7 Å². The number of carbonyl (C=O) groups excluding carboxylic acids is 2. The van der Waals surface area contributed by atoms with E-state index in [9.17, 15) is 31.4 Å². The molecule has 2 aliphatic heterocycles. The first-order valence-corrected chi connectivity index (χ1v) is 17.8. The van der Waals surface area contributed by atoms with Crippen LogP contribution in [0.25, 0.3) is 0 Å². The Kier molecular flexibility index (Phi) is 10.5. The van der Waals surface area contributed by atoms with Gasteiger partial charge in [-0.15, -0.1) is 0 Å². The lowest BCUT2D eigenvalue weighted by Crippen LogP contribution is -2.42. The SMILES string of the molecule is CC12CCC3c4ccc(OC(=O)N5CC6COCC6C5)cc4CCC3C1CCC2=O.[B]C(F)(F)C(F)(F)CCCS(=O)C(=C)CC. The van der Waals surface area contributed by atoms with E-state index in [1.165, 1.54) is 11.1 Å². The molecule has 2 saturated carbocycles. The molecule has 5 aliphatic rings. The molecular weight excluding hydrogens is 621 g/mol. The molecule has 252 valence electrons. The second kappa shape index (κ2) is 13.7. The molecule has 2 heterocycles. The van der Waals surface area contributed by atoms with Crippen LogP contribution in [0.3, 0.4) is 0 Å². The third kappa shape index (κ3) is 7.13. The minimum atomic E-state index is -4.53. The molecule has 3 aliphatic carbocycles. The molecule has 0 N–H and O–H groups in total. The summed E-state index contributed by atoms with van der Waals surface area (Å²) in [5, 5.41) is 0. The van der Waals surface area contributed by atoms with Gasteiger partial charge >= 0.3 is 6.09 Å². The highest BCUT2D eigenvalue weighted by molar-refractivity contribution is 7.88. The number of ketones is 1. The summed E-state index contributed by atoms with van der Waals surface area (Å²) in [4.78, 5) is 27.4. The van der Waals surface area contributed by atoms with Crippen LogP contribution in [0, 0.1) is 29.1 Å². The van der Waals surface area contributed by atoms with Crippen LogP contribution in [0.5, 0.6) is 5.75 Å². The topological polar surface area (TPSA) is 72.9 Å². The predicted octanol–water partition coefficient (Wildman–Crippen LogP) is 7.02. The number of hydrogen-bond donors (Lipinski definition) is 0. The number of hydrogen-bond acceptors (Lipinski definition) is 5. The molecule has 1 aromatic rings. The van der Waals surface area contributed by atoms with Crippen LogP contribution >= 0.6 is 0 Å². The molecule has 6 rings (SSSR count). The molecule has 7 atom stereocenters. The number of ether oxygens (including phenoxy) is 2. The molecule has 12 heteroatoms. The smallest absolute Gasteiger partial charge is 0.410 e. The van der Waals surface area contributed by atoms with Crippen molar-refractivity contribution in [3.8, 4) is 5.75 Å². The van der Waals surface area contributed by atoms with Gasteiger partial charge < -0.3 is 14.4 Å². The van der Waals surface area contributed by atoms with Crippen LogP contribution in [0.2, 0.25) is 0 Å².